The summed E-state index contributed by atoms with van der Waals surface area (Å²) in [7, 11) is 0. The number of hydrogen-bond acceptors (Lipinski definition) is 1. The number of hydrogen-bond donors (Lipinski definition) is 1. The van der Waals surface area contributed by atoms with Crippen LogP contribution in [0, 0.1) is 5.41 Å². The van der Waals surface area contributed by atoms with Gasteiger partial charge in [-0.05, 0) is 38.6 Å². The molecule has 0 unspecified atom stereocenters. The molecule has 0 aromatic heterocycles. The van der Waals surface area contributed by atoms with E-state index in [1.165, 1.54) is 19.4 Å². The summed E-state index contributed by atoms with van der Waals surface area (Å²) in [6.45, 7) is 10.5. The van der Waals surface area contributed by atoms with E-state index in [1.807, 2.05) is 0 Å². The predicted octanol–water partition coefficient (Wildman–Crippen LogP) is 1.35. The first-order valence-electron chi connectivity index (χ1n) is 4.16. The summed E-state index contributed by atoms with van der Waals surface area (Å²) in [4.78, 5) is 0. The Morgan fingerprint density at radius 3 is 1.91 bits per heavy atom. The van der Waals surface area contributed by atoms with Crippen molar-refractivity contribution in [1.82, 2.24) is 5.32 Å². The molecule has 11 heavy (non-hydrogen) atoms. The van der Waals surface area contributed by atoms with Crippen LogP contribution in [0.25, 0.3) is 0 Å². The Hall–Kier alpha value is -0.0800. The molecule has 2 heteroatoms. The monoisotopic (exact) mass is 159 g/mol. The normalized spacial score (nSPS) is 27.3. The molecule has 0 aliphatic carbocycles. The van der Waals surface area contributed by atoms with Gasteiger partial charge in [-0.15, -0.1) is 0 Å². The minimum absolute atomic E-state index is 0. The molecule has 1 aliphatic rings. The van der Waals surface area contributed by atoms with Crippen molar-refractivity contribution >= 4 is 0 Å². The van der Waals surface area contributed by atoms with Crippen LogP contribution in [0.5, 0.6) is 0 Å². The summed E-state index contributed by atoms with van der Waals surface area (Å²) >= 11 is 0. The zero-order chi connectivity index (χ0) is 7.83. The third-order valence-electron chi connectivity index (χ3n) is 2.33. The van der Waals surface area contributed by atoms with E-state index in [9.17, 15) is 0 Å². The first-order valence-corrected chi connectivity index (χ1v) is 4.16. The van der Waals surface area contributed by atoms with Crippen LogP contribution in [0.4, 0.5) is 0 Å². The van der Waals surface area contributed by atoms with Gasteiger partial charge in [0.25, 0.3) is 0 Å². The largest absolute Gasteiger partial charge is 0.412 e. The van der Waals surface area contributed by atoms with E-state index in [0.29, 0.717) is 11.0 Å². The van der Waals surface area contributed by atoms with Gasteiger partial charge in [0.05, 0.1) is 0 Å². The molecule has 0 atom stereocenters. The number of rotatable bonds is 0. The molecule has 0 aromatic carbocycles. The van der Waals surface area contributed by atoms with Gasteiger partial charge in [-0.25, -0.2) is 0 Å². The van der Waals surface area contributed by atoms with E-state index < -0.39 is 0 Å². The maximum Gasteiger partial charge on any atom is 0.0130 e. The molecule has 0 aromatic rings. The van der Waals surface area contributed by atoms with Crippen LogP contribution < -0.4 is 5.32 Å². The van der Waals surface area contributed by atoms with Crippen LogP contribution >= 0.6 is 0 Å². The predicted molar refractivity (Wildman–Crippen MR) is 48.7 cm³/mol. The Labute approximate surface area is 69.7 Å². The van der Waals surface area contributed by atoms with Gasteiger partial charge < -0.3 is 10.8 Å². The minimum Gasteiger partial charge on any atom is -0.412 e. The third-order valence-corrected chi connectivity index (χ3v) is 2.33. The quantitative estimate of drug-likeness (QED) is 0.569. The average molecular weight is 159 g/mol. The van der Waals surface area contributed by atoms with Crippen molar-refractivity contribution in [2.45, 2.75) is 46.1 Å². The van der Waals surface area contributed by atoms with Crippen molar-refractivity contribution in [1.29, 1.82) is 0 Å². The van der Waals surface area contributed by atoms with E-state index in [4.69, 9.17) is 0 Å². The van der Waals surface area contributed by atoms with Crippen molar-refractivity contribution < 1.29 is 5.48 Å². The number of piperidine rings is 1. The molecular formula is C9H21NO. The van der Waals surface area contributed by atoms with Crippen LogP contribution in [0.2, 0.25) is 0 Å². The summed E-state index contributed by atoms with van der Waals surface area (Å²) < 4.78 is 0. The molecule has 3 N–H and O–H groups in total. The zero-order valence-electron chi connectivity index (χ0n) is 8.12. The minimum atomic E-state index is 0. The fourth-order valence-corrected chi connectivity index (χ4v) is 2.09. The lowest BCUT2D eigenvalue weighted by Crippen LogP contribution is -2.48. The maximum atomic E-state index is 3.51. The second kappa shape index (κ2) is 3.11. The van der Waals surface area contributed by atoms with Gasteiger partial charge in [0.1, 0.15) is 0 Å². The lowest BCUT2D eigenvalue weighted by atomic mass is 9.75. The van der Waals surface area contributed by atoms with Crippen molar-refractivity contribution in [3.63, 3.8) is 0 Å². The first kappa shape index (κ1) is 10.9. The van der Waals surface area contributed by atoms with Gasteiger partial charge in [0.15, 0.2) is 0 Å². The SMILES string of the molecule is CC1(C)CCNC(C)(C)C1.O. The van der Waals surface area contributed by atoms with E-state index >= 15 is 0 Å². The van der Waals surface area contributed by atoms with Gasteiger partial charge in [0.2, 0.25) is 0 Å². The zero-order valence-corrected chi connectivity index (χ0v) is 8.12. The molecule has 1 rings (SSSR count). The van der Waals surface area contributed by atoms with Crippen molar-refractivity contribution in [3.8, 4) is 0 Å². The second-order valence-electron chi connectivity index (χ2n) is 4.90. The van der Waals surface area contributed by atoms with Crippen molar-refractivity contribution in [2.24, 2.45) is 5.41 Å². The third kappa shape index (κ3) is 3.21. The fourth-order valence-electron chi connectivity index (χ4n) is 2.09. The summed E-state index contributed by atoms with van der Waals surface area (Å²) in [5.74, 6) is 0. The van der Waals surface area contributed by atoms with Crippen LogP contribution in [-0.2, 0) is 0 Å². The maximum absolute atomic E-state index is 3.51. The Bertz CT molecular complexity index is 116. The first-order chi connectivity index (χ1) is 4.41. The van der Waals surface area contributed by atoms with E-state index in [0.717, 1.165) is 0 Å². The topological polar surface area (TPSA) is 43.5 Å². The Morgan fingerprint density at radius 2 is 1.64 bits per heavy atom. The Kier molecular flexibility index (Phi) is 3.09. The number of nitrogens with one attached hydrogen (secondary N) is 1. The molecule has 68 valence electrons. The lowest BCUT2D eigenvalue weighted by molar-refractivity contribution is 0.157. The lowest BCUT2D eigenvalue weighted by Gasteiger charge is -2.41. The molecule has 0 radical (unpaired) electrons. The van der Waals surface area contributed by atoms with Gasteiger partial charge in [0, 0.05) is 5.54 Å². The molecule has 0 spiro atoms. The summed E-state index contributed by atoms with van der Waals surface area (Å²) in [5, 5.41) is 3.51. The van der Waals surface area contributed by atoms with E-state index in [2.05, 4.69) is 33.0 Å². The molecular weight excluding hydrogens is 138 g/mol. The highest BCUT2D eigenvalue weighted by Gasteiger charge is 2.32. The highest BCUT2D eigenvalue weighted by Crippen LogP contribution is 2.34. The average Bonchev–Trinajstić information content (AvgIpc) is 1.56. The molecule has 1 fully saturated rings. The summed E-state index contributed by atoms with van der Waals surface area (Å²) in [5.41, 5.74) is 0.913. The van der Waals surface area contributed by atoms with Gasteiger partial charge >= 0.3 is 0 Å². The smallest absolute Gasteiger partial charge is 0.0130 e. The standard InChI is InChI=1S/C9H19N.H2O/c1-8(2)5-6-10-9(3,4)7-8;/h10H,5-7H2,1-4H3;1H2. The Balaban J connectivity index is 0.000001000. The molecule has 0 bridgehead atoms. The molecule has 1 heterocycles. The fraction of sp³-hybridized carbons (Fsp3) is 1.00. The molecule has 2 nitrogen and oxygen atoms in total. The molecule has 0 amide bonds. The second-order valence-corrected chi connectivity index (χ2v) is 4.90. The van der Waals surface area contributed by atoms with Gasteiger partial charge in [-0.3, -0.25) is 0 Å². The van der Waals surface area contributed by atoms with Gasteiger partial charge in [-0.2, -0.15) is 0 Å². The van der Waals surface area contributed by atoms with Crippen molar-refractivity contribution in [2.75, 3.05) is 6.54 Å². The highest BCUT2D eigenvalue weighted by atomic mass is 16.0. The molecule has 1 saturated heterocycles. The van der Waals surface area contributed by atoms with E-state index in [1.54, 1.807) is 0 Å². The van der Waals surface area contributed by atoms with Crippen molar-refractivity contribution in [3.05, 3.63) is 0 Å². The van der Waals surface area contributed by atoms with Crippen LogP contribution in [0.15, 0.2) is 0 Å². The summed E-state index contributed by atoms with van der Waals surface area (Å²) in [6, 6.07) is 0. The molecule has 0 saturated carbocycles. The van der Waals surface area contributed by atoms with Gasteiger partial charge in [-0.1, -0.05) is 13.8 Å². The van der Waals surface area contributed by atoms with Crippen LogP contribution in [-0.4, -0.2) is 17.6 Å². The van der Waals surface area contributed by atoms with E-state index in [-0.39, 0.29) is 5.48 Å². The van der Waals surface area contributed by atoms with Crippen LogP contribution in [0.1, 0.15) is 40.5 Å². The van der Waals surface area contributed by atoms with Crippen LogP contribution in [0.3, 0.4) is 0 Å². The molecule has 1 aliphatic heterocycles. The Morgan fingerprint density at radius 1 is 1.09 bits per heavy atom. The highest BCUT2D eigenvalue weighted by molar-refractivity contribution is 4.90. The summed E-state index contributed by atoms with van der Waals surface area (Å²) in [6.07, 6.45) is 2.61.